The average molecular weight is 300 g/mol. The molecule has 108 valence electrons. The largest absolute Gasteiger partial charge is 0.409 e. The Labute approximate surface area is 120 Å². The van der Waals surface area contributed by atoms with Crippen molar-refractivity contribution in [1.82, 2.24) is 0 Å². The van der Waals surface area contributed by atoms with Gasteiger partial charge in [-0.2, -0.15) is 0 Å². The molecule has 0 saturated heterocycles. The molecule has 0 spiro atoms. The van der Waals surface area contributed by atoms with E-state index in [2.05, 4.69) is 10.5 Å². The summed E-state index contributed by atoms with van der Waals surface area (Å²) in [4.78, 5) is 12.4. The number of amides is 1. The van der Waals surface area contributed by atoms with Crippen LogP contribution in [0.1, 0.15) is 25.7 Å². The van der Waals surface area contributed by atoms with Gasteiger partial charge in [-0.15, -0.1) is 0 Å². The van der Waals surface area contributed by atoms with E-state index in [1.807, 2.05) is 0 Å². The van der Waals surface area contributed by atoms with E-state index in [4.69, 9.17) is 22.5 Å². The molecule has 1 aromatic carbocycles. The molecule has 1 amide bonds. The molecule has 0 radical (unpaired) electrons. The predicted molar refractivity (Wildman–Crippen MR) is 74.3 cm³/mol. The van der Waals surface area contributed by atoms with Crippen molar-refractivity contribution in [2.24, 2.45) is 16.3 Å². The van der Waals surface area contributed by atoms with Crippen molar-refractivity contribution in [2.45, 2.75) is 25.7 Å². The zero-order valence-electron chi connectivity index (χ0n) is 10.7. The van der Waals surface area contributed by atoms with Gasteiger partial charge in [-0.3, -0.25) is 4.79 Å². The Bertz CT molecular complexity index is 557. The van der Waals surface area contributed by atoms with Crippen molar-refractivity contribution < 1.29 is 14.4 Å². The average Bonchev–Trinajstić information content (AvgIpc) is 2.93. The molecule has 0 unspecified atom stereocenters. The second-order valence-corrected chi connectivity index (χ2v) is 5.26. The van der Waals surface area contributed by atoms with Crippen molar-refractivity contribution >= 4 is 29.0 Å². The molecule has 1 aliphatic rings. The lowest BCUT2D eigenvalue weighted by atomic mass is 9.83. The van der Waals surface area contributed by atoms with E-state index in [-0.39, 0.29) is 16.5 Å². The van der Waals surface area contributed by atoms with Gasteiger partial charge < -0.3 is 16.3 Å². The van der Waals surface area contributed by atoms with Gasteiger partial charge in [-0.05, 0) is 31.0 Å². The van der Waals surface area contributed by atoms with E-state index in [9.17, 15) is 9.18 Å². The normalized spacial score (nSPS) is 18.0. The molecule has 0 heterocycles. The molecule has 20 heavy (non-hydrogen) atoms. The molecule has 1 saturated carbocycles. The van der Waals surface area contributed by atoms with Gasteiger partial charge in [0.25, 0.3) is 0 Å². The minimum atomic E-state index is -1.02. The first-order chi connectivity index (χ1) is 9.49. The summed E-state index contributed by atoms with van der Waals surface area (Å²) in [5.41, 5.74) is 4.93. The van der Waals surface area contributed by atoms with Gasteiger partial charge in [0.1, 0.15) is 11.2 Å². The van der Waals surface area contributed by atoms with Crippen LogP contribution in [0.25, 0.3) is 0 Å². The number of halogens is 2. The van der Waals surface area contributed by atoms with Gasteiger partial charge in [-0.1, -0.05) is 29.6 Å². The summed E-state index contributed by atoms with van der Waals surface area (Å²) in [6.07, 6.45) is 2.65. The number of hydrogen-bond donors (Lipinski definition) is 3. The highest BCUT2D eigenvalue weighted by atomic mass is 35.5. The van der Waals surface area contributed by atoms with Crippen LogP contribution in [0.15, 0.2) is 23.4 Å². The molecule has 0 aromatic heterocycles. The maximum absolute atomic E-state index is 13.4. The SMILES string of the molecule is NC(=NO)C1(C(=O)Nc2ccc(Cl)c(F)c2)CCCC1. The topological polar surface area (TPSA) is 87.7 Å². The van der Waals surface area contributed by atoms with Gasteiger partial charge in [0, 0.05) is 5.69 Å². The monoisotopic (exact) mass is 299 g/mol. The highest BCUT2D eigenvalue weighted by Crippen LogP contribution is 2.39. The molecule has 1 aliphatic carbocycles. The number of carbonyl (C=O) groups excluding carboxylic acids is 1. The molecular weight excluding hydrogens is 285 g/mol. The lowest BCUT2D eigenvalue weighted by Gasteiger charge is -2.26. The fraction of sp³-hybridized carbons (Fsp3) is 0.385. The number of hydrogen-bond acceptors (Lipinski definition) is 3. The summed E-state index contributed by atoms with van der Waals surface area (Å²) < 4.78 is 13.4. The van der Waals surface area contributed by atoms with E-state index in [0.29, 0.717) is 12.8 Å². The summed E-state index contributed by atoms with van der Waals surface area (Å²) in [6.45, 7) is 0. The molecule has 1 aromatic rings. The van der Waals surface area contributed by atoms with E-state index >= 15 is 0 Å². The van der Waals surface area contributed by atoms with Crippen LogP contribution < -0.4 is 11.1 Å². The predicted octanol–water partition coefficient (Wildman–Crippen LogP) is 2.72. The van der Waals surface area contributed by atoms with Gasteiger partial charge in [0.05, 0.1) is 5.02 Å². The van der Waals surface area contributed by atoms with Crippen molar-refractivity contribution in [3.8, 4) is 0 Å². The summed E-state index contributed by atoms with van der Waals surface area (Å²) in [5.74, 6) is -1.12. The number of rotatable bonds is 3. The first-order valence-corrected chi connectivity index (χ1v) is 6.62. The van der Waals surface area contributed by atoms with E-state index in [1.54, 1.807) is 0 Å². The number of benzene rings is 1. The molecular formula is C13H15ClFN3O2. The Morgan fingerprint density at radius 1 is 1.45 bits per heavy atom. The number of anilines is 1. The number of nitrogens with zero attached hydrogens (tertiary/aromatic N) is 1. The molecule has 2 rings (SSSR count). The third kappa shape index (κ3) is 2.56. The number of nitrogens with one attached hydrogen (secondary N) is 1. The van der Waals surface area contributed by atoms with Crippen molar-refractivity contribution in [2.75, 3.05) is 5.32 Å². The van der Waals surface area contributed by atoms with Crippen LogP contribution in [0.4, 0.5) is 10.1 Å². The molecule has 0 atom stereocenters. The lowest BCUT2D eigenvalue weighted by molar-refractivity contribution is -0.122. The third-order valence-electron chi connectivity index (χ3n) is 3.67. The van der Waals surface area contributed by atoms with Gasteiger partial charge >= 0.3 is 0 Å². The Kier molecular flexibility index (Phi) is 4.13. The zero-order chi connectivity index (χ0) is 14.8. The minimum absolute atomic E-state index is 0.0185. The number of carbonyl (C=O) groups is 1. The minimum Gasteiger partial charge on any atom is -0.409 e. The molecule has 4 N–H and O–H groups in total. The van der Waals surface area contributed by atoms with Crippen molar-refractivity contribution in [3.63, 3.8) is 0 Å². The number of amidine groups is 1. The number of nitrogens with two attached hydrogens (primary N) is 1. The van der Waals surface area contributed by atoms with Crippen molar-refractivity contribution in [1.29, 1.82) is 0 Å². The van der Waals surface area contributed by atoms with Gasteiger partial charge in [0.15, 0.2) is 5.84 Å². The van der Waals surface area contributed by atoms with E-state index in [0.717, 1.165) is 18.9 Å². The van der Waals surface area contributed by atoms with Crippen LogP contribution in [-0.4, -0.2) is 17.0 Å². The first-order valence-electron chi connectivity index (χ1n) is 6.24. The lowest BCUT2D eigenvalue weighted by Crippen LogP contribution is -2.45. The van der Waals surface area contributed by atoms with Crippen LogP contribution in [0.3, 0.4) is 0 Å². The van der Waals surface area contributed by atoms with Crippen LogP contribution in [-0.2, 0) is 4.79 Å². The summed E-state index contributed by atoms with van der Waals surface area (Å²) >= 11 is 5.58. The maximum Gasteiger partial charge on any atom is 0.238 e. The summed E-state index contributed by atoms with van der Waals surface area (Å²) in [5, 5.41) is 14.4. The van der Waals surface area contributed by atoms with Crippen LogP contribution in [0.5, 0.6) is 0 Å². The standard InChI is InChI=1S/C13H15ClFN3O2/c14-9-4-3-8(7-10(9)15)17-12(19)13(11(16)18-20)5-1-2-6-13/h3-4,7,20H,1-2,5-6H2,(H2,16,18)(H,17,19). The quantitative estimate of drug-likeness (QED) is 0.347. The fourth-order valence-corrected chi connectivity index (χ4v) is 2.62. The van der Waals surface area contributed by atoms with Gasteiger partial charge in [0.2, 0.25) is 5.91 Å². The Morgan fingerprint density at radius 3 is 2.65 bits per heavy atom. The molecule has 7 heteroatoms. The molecule has 0 aliphatic heterocycles. The van der Waals surface area contributed by atoms with E-state index in [1.165, 1.54) is 12.1 Å². The smallest absolute Gasteiger partial charge is 0.238 e. The summed E-state index contributed by atoms with van der Waals surface area (Å²) in [6, 6.07) is 3.99. The fourth-order valence-electron chi connectivity index (χ4n) is 2.50. The Balaban J connectivity index is 2.23. The summed E-state index contributed by atoms with van der Waals surface area (Å²) in [7, 11) is 0. The molecule has 0 bridgehead atoms. The second-order valence-electron chi connectivity index (χ2n) is 4.86. The molecule has 1 fully saturated rings. The highest BCUT2D eigenvalue weighted by molar-refractivity contribution is 6.30. The van der Waals surface area contributed by atoms with Crippen molar-refractivity contribution in [3.05, 3.63) is 29.0 Å². The number of oxime groups is 1. The third-order valence-corrected chi connectivity index (χ3v) is 3.97. The highest BCUT2D eigenvalue weighted by Gasteiger charge is 2.45. The molecule has 5 nitrogen and oxygen atoms in total. The Hall–Kier alpha value is -1.82. The van der Waals surface area contributed by atoms with E-state index < -0.39 is 17.1 Å². The zero-order valence-corrected chi connectivity index (χ0v) is 11.5. The first kappa shape index (κ1) is 14.6. The van der Waals surface area contributed by atoms with Crippen LogP contribution >= 0.6 is 11.6 Å². The maximum atomic E-state index is 13.4. The van der Waals surface area contributed by atoms with Crippen LogP contribution in [0, 0.1) is 11.2 Å². The second kappa shape index (κ2) is 5.66. The Morgan fingerprint density at radius 2 is 2.10 bits per heavy atom. The van der Waals surface area contributed by atoms with Gasteiger partial charge in [-0.25, -0.2) is 4.39 Å². The van der Waals surface area contributed by atoms with Crippen LogP contribution in [0.2, 0.25) is 5.02 Å².